The van der Waals surface area contributed by atoms with Gasteiger partial charge in [0.1, 0.15) is 0 Å². The number of aryl methyl sites for hydroxylation is 1. The van der Waals surface area contributed by atoms with E-state index in [1.807, 2.05) is 6.92 Å². The van der Waals surface area contributed by atoms with Gasteiger partial charge in [-0.1, -0.05) is 32.9 Å². The summed E-state index contributed by atoms with van der Waals surface area (Å²) in [7, 11) is -7.32. The van der Waals surface area contributed by atoms with Crippen LogP contribution in [-0.4, -0.2) is 34.2 Å². The highest BCUT2D eigenvalue weighted by Gasteiger charge is 2.31. The summed E-state index contributed by atoms with van der Waals surface area (Å²) in [5.74, 6) is 0.636. The van der Waals surface area contributed by atoms with Gasteiger partial charge in [0.15, 0.2) is 0 Å². The molecule has 158 valence electrons. The van der Waals surface area contributed by atoms with Crippen molar-refractivity contribution in [3.8, 4) is 0 Å². The third-order valence-corrected chi connectivity index (χ3v) is 8.46. The fourth-order valence-corrected chi connectivity index (χ4v) is 6.50. The molecule has 0 saturated carbocycles. The smallest absolute Gasteiger partial charge is 0.261 e. The van der Waals surface area contributed by atoms with E-state index in [0.717, 1.165) is 18.4 Å². The van der Waals surface area contributed by atoms with Crippen LogP contribution >= 0.6 is 0 Å². The average Bonchev–Trinajstić information content (AvgIpc) is 2.67. The quantitative estimate of drug-likeness (QED) is 0.748. The Morgan fingerprint density at radius 1 is 0.862 bits per heavy atom. The lowest BCUT2D eigenvalue weighted by Gasteiger charge is -2.34. The molecule has 1 aliphatic heterocycles. The summed E-state index contributed by atoms with van der Waals surface area (Å²) in [6, 6.07) is 12.6. The van der Waals surface area contributed by atoms with Gasteiger partial charge >= 0.3 is 0 Å². The van der Waals surface area contributed by atoms with Crippen LogP contribution in [0, 0.1) is 11.8 Å². The molecule has 3 rings (SSSR count). The Hall–Kier alpha value is -1.90. The van der Waals surface area contributed by atoms with Gasteiger partial charge in [-0.3, -0.25) is 4.72 Å². The Labute approximate surface area is 174 Å². The molecule has 2 aromatic rings. The largest absolute Gasteiger partial charge is 0.280 e. The molecule has 0 amide bonds. The first-order valence-corrected chi connectivity index (χ1v) is 12.8. The van der Waals surface area contributed by atoms with Crippen molar-refractivity contribution in [2.24, 2.45) is 11.8 Å². The zero-order chi connectivity index (χ0) is 21.2. The normalized spacial score (nSPS) is 21.1. The predicted octanol–water partition coefficient (Wildman–Crippen LogP) is 3.72. The standard InChI is InChI=1S/C21H28N2O4S2/c1-4-18-5-9-20(10-6-18)28(24,25)22-19-7-11-21(12-8-19)29(26,27)23-14-16(2)13-17(3)15-23/h5-12,16-17,22H,4,13-15H2,1-3H3/t16-,17-/m0/s1. The number of anilines is 1. The van der Waals surface area contributed by atoms with E-state index in [1.165, 1.54) is 28.6 Å². The highest BCUT2D eigenvalue weighted by atomic mass is 32.2. The first kappa shape index (κ1) is 21.8. The van der Waals surface area contributed by atoms with E-state index in [0.29, 0.717) is 30.6 Å². The van der Waals surface area contributed by atoms with E-state index in [1.54, 1.807) is 24.3 Å². The molecule has 8 heteroatoms. The number of nitrogens with one attached hydrogen (secondary N) is 1. The van der Waals surface area contributed by atoms with Crippen molar-refractivity contribution in [2.45, 2.75) is 43.4 Å². The lowest BCUT2D eigenvalue weighted by molar-refractivity contribution is 0.222. The predicted molar refractivity (Wildman–Crippen MR) is 115 cm³/mol. The summed E-state index contributed by atoms with van der Waals surface area (Å²) < 4.78 is 55.1. The molecule has 0 spiro atoms. The van der Waals surface area contributed by atoms with Gasteiger partial charge in [-0.2, -0.15) is 4.31 Å². The van der Waals surface area contributed by atoms with Gasteiger partial charge in [-0.25, -0.2) is 16.8 Å². The summed E-state index contributed by atoms with van der Waals surface area (Å²) in [6.45, 7) is 7.14. The molecule has 0 aliphatic carbocycles. The zero-order valence-electron chi connectivity index (χ0n) is 17.0. The Kier molecular flexibility index (Phi) is 6.36. The number of hydrogen-bond acceptors (Lipinski definition) is 4. The van der Waals surface area contributed by atoms with Gasteiger partial charge in [0, 0.05) is 18.8 Å². The average molecular weight is 437 g/mol. The minimum atomic E-state index is -3.73. The van der Waals surface area contributed by atoms with Crippen molar-refractivity contribution in [3.05, 3.63) is 54.1 Å². The zero-order valence-corrected chi connectivity index (χ0v) is 18.6. The molecule has 0 unspecified atom stereocenters. The van der Waals surface area contributed by atoms with Crippen molar-refractivity contribution in [1.82, 2.24) is 4.31 Å². The van der Waals surface area contributed by atoms with Crippen molar-refractivity contribution in [2.75, 3.05) is 17.8 Å². The molecule has 6 nitrogen and oxygen atoms in total. The molecule has 1 N–H and O–H groups in total. The topological polar surface area (TPSA) is 83.5 Å². The monoisotopic (exact) mass is 436 g/mol. The van der Waals surface area contributed by atoms with Gasteiger partial charge in [-0.05, 0) is 66.6 Å². The number of rotatable bonds is 6. The Morgan fingerprint density at radius 2 is 1.38 bits per heavy atom. The maximum absolute atomic E-state index is 12.9. The van der Waals surface area contributed by atoms with Crippen molar-refractivity contribution in [3.63, 3.8) is 0 Å². The van der Waals surface area contributed by atoms with Gasteiger partial charge < -0.3 is 0 Å². The summed E-state index contributed by atoms with van der Waals surface area (Å²) in [5, 5.41) is 0. The van der Waals surface area contributed by atoms with Crippen LogP contribution in [0.3, 0.4) is 0 Å². The van der Waals surface area contributed by atoms with Crippen molar-refractivity contribution in [1.29, 1.82) is 0 Å². The SMILES string of the molecule is CCc1ccc(S(=O)(=O)Nc2ccc(S(=O)(=O)N3C[C@@H](C)C[C@H](C)C3)cc2)cc1. The summed E-state index contributed by atoms with van der Waals surface area (Å²) >= 11 is 0. The molecular formula is C21H28N2O4S2. The minimum Gasteiger partial charge on any atom is -0.280 e. The van der Waals surface area contributed by atoms with Crippen LogP contribution in [0.15, 0.2) is 58.3 Å². The molecule has 1 saturated heterocycles. The van der Waals surface area contributed by atoms with E-state index < -0.39 is 20.0 Å². The molecule has 1 aliphatic rings. The second kappa shape index (κ2) is 8.45. The fraction of sp³-hybridized carbons (Fsp3) is 0.429. The summed E-state index contributed by atoms with van der Waals surface area (Å²) in [5.41, 5.74) is 1.38. The van der Waals surface area contributed by atoms with Crippen LogP contribution in [0.25, 0.3) is 0 Å². The van der Waals surface area contributed by atoms with E-state index in [4.69, 9.17) is 0 Å². The Morgan fingerprint density at radius 3 is 1.90 bits per heavy atom. The van der Waals surface area contributed by atoms with Crippen molar-refractivity contribution >= 4 is 25.7 Å². The molecule has 2 aromatic carbocycles. The second-order valence-electron chi connectivity index (χ2n) is 7.90. The number of sulfonamides is 2. The maximum atomic E-state index is 12.9. The van der Waals surface area contributed by atoms with Crippen LogP contribution in [0.1, 0.15) is 32.8 Å². The van der Waals surface area contributed by atoms with Crippen LogP contribution in [0.4, 0.5) is 5.69 Å². The molecule has 1 fully saturated rings. The summed E-state index contributed by atoms with van der Waals surface area (Å²) in [4.78, 5) is 0.344. The highest BCUT2D eigenvalue weighted by molar-refractivity contribution is 7.92. The van der Waals surface area contributed by atoms with E-state index >= 15 is 0 Å². The molecular weight excluding hydrogens is 408 g/mol. The van der Waals surface area contributed by atoms with Crippen molar-refractivity contribution < 1.29 is 16.8 Å². The molecule has 2 atom stereocenters. The number of hydrogen-bond donors (Lipinski definition) is 1. The fourth-order valence-electron chi connectivity index (χ4n) is 3.76. The number of benzene rings is 2. The lowest BCUT2D eigenvalue weighted by Crippen LogP contribution is -2.42. The maximum Gasteiger partial charge on any atom is 0.261 e. The first-order valence-electron chi connectivity index (χ1n) is 9.84. The Balaban J connectivity index is 1.77. The first-order chi connectivity index (χ1) is 13.6. The molecule has 0 radical (unpaired) electrons. The Bertz CT molecular complexity index is 1040. The highest BCUT2D eigenvalue weighted by Crippen LogP contribution is 2.27. The number of nitrogens with zero attached hydrogens (tertiary/aromatic N) is 1. The molecule has 0 aromatic heterocycles. The van der Waals surface area contributed by atoms with Crippen LogP contribution in [-0.2, 0) is 26.5 Å². The van der Waals surface area contributed by atoms with Crippen LogP contribution in [0.5, 0.6) is 0 Å². The van der Waals surface area contributed by atoms with Gasteiger partial charge in [0.05, 0.1) is 9.79 Å². The minimum absolute atomic E-state index is 0.169. The van der Waals surface area contributed by atoms with E-state index in [-0.39, 0.29) is 9.79 Å². The second-order valence-corrected chi connectivity index (χ2v) is 11.5. The van der Waals surface area contributed by atoms with Gasteiger partial charge in [0.25, 0.3) is 10.0 Å². The van der Waals surface area contributed by atoms with Gasteiger partial charge in [0.2, 0.25) is 10.0 Å². The third kappa shape index (κ3) is 4.99. The molecule has 1 heterocycles. The number of piperidine rings is 1. The lowest BCUT2D eigenvalue weighted by atomic mass is 9.94. The third-order valence-electron chi connectivity index (χ3n) is 5.22. The van der Waals surface area contributed by atoms with Gasteiger partial charge in [-0.15, -0.1) is 0 Å². The van der Waals surface area contributed by atoms with E-state index in [9.17, 15) is 16.8 Å². The van der Waals surface area contributed by atoms with Crippen LogP contribution < -0.4 is 4.72 Å². The van der Waals surface area contributed by atoms with Crippen LogP contribution in [0.2, 0.25) is 0 Å². The summed E-state index contributed by atoms with van der Waals surface area (Å²) in [6.07, 6.45) is 1.85. The van der Waals surface area contributed by atoms with E-state index in [2.05, 4.69) is 18.6 Å². The molecule has 29 heavy (non-hydrogen) atoms. The molecule has 0 bridgehead atoms.